The lowest BCUT2D eigenvalue weighted by molar-refractivity contribution is 0.0420. The molecule has 1 N–H and O–H groups in total. The third-order valence-electron chi connectivity index (χ3n) is 4.04. The smallest absolute Gasteiger partial charge is 0.412 e. The molecule has 1 aliphatic heterocycles. The van der Waals surface area contributed by atoms with Gasteiger partial charge in [-0.2, -0.15) is 0 Å². The van der Waals surface area contributed by atoms with E-state index in [2.05, 4.69) is 10.5 Å². The van der Waals surface area contributed by atoms with Crippen LogP contribution in [0, 0.1) is 0 Å². The molecular formula is C20H21ClN2O4S. The zero-order chi connectivity index (χ0) is 20.0. The van der Waals surface area contributed by atoms with Gasteiger partial charge in [-0.3, -0.25) is 5.32 Å². The number of nitrogens with one attached hydrogen (secondary N) is 1. The molecule has 6 nitrogen and oxygen atoms in total. The monoisotopic (exact) mass is 420 g/mol. The van der Waals surface area contributed by atoms with Crippen molar-refractivity contribution >= 4 is 41.6 Å². The normalized spacial score (nSPS) is 14.9. The number of cyclic esters (lactones) is 1. The average Bonchev–Trinajstić information content (AvgIpc) is 2.64. The Morgan fingerprint density at radius 1 is 1.25 bits per heavy atom. The van der Waals surface area contributed by atoms with E-state index < -0.39 is 11.7 Å². The van der Waals surface area contributed by atoms with Crippen LogP contribution in [0.2, 0.25) is 5.02 Å². The molecule has 1 amide bonds. The van der Waals surface area contributed by atoms with E-state index in [-0.39, 0.29) is 0 Å². The van der Waals surface area contributed by atoms with Crippen LogP contribution in [-0.4, -0.2) is 18.9 Å². The van der Waals surface area contributed by atoms with Crippen molar-refractivity contribution in [1.82, 2.24) is 0 Å². The van der Waals surface area contributed by atoms with E-state index in [1.807, 2.05) is 44.2 Å². The maximum Gasteiger partial charge on any atom is 0.412 e. The fourth-order valence-corrected chi connectivity index (χ4v) is 3.23. The summed E-state index contributed by atoms with van der Waals surface area (Å²) in [5.74, 6) is 0.697. The van der Waals surface area contributed by atoms with Crippen molar-refractivity contribution in [2.24, 2.45) is 5.16 Å². The van der Waals surface area contributed by atoms with Crippen molar-refractivity contribution in [3.63, 3.8) is 0 Å². The Morgan fingerprint density at radius 3 is 2.82 bits per heavy atom. The van der Waals surface area contributed by atoms with Crippen molar-refractivity contribution < 1.29 is 18.6 Å². The molecule has 0 spiro atoms. The molecule has 0 aliphatic carbocycles. The molecule has 2 aromatic rings. The summed E-state index contributed by atoms with van der Waals surface area (Å²) in [6.45, 7) is 4.25. The van der Waals surface area contributed by atoms with Crippen LogP contribution in [0.25, 0.3) is 0 Å². The van der Waals surface area contributed by atoms with Crippen LogP contribution < -0.4 is 10.1 Å². The van der Waals surface area contributed by atoms with Crippen LogP contribution in [0.3, 0.4) is 0 Å². The molecule has 8 heteroatoms. The molecule has 0 bridgehead atoms. The first-order valence-corrected chi connectivity index (χ1v) is 9.94. The van der Waals surface area contributed by atoms with Crippen LogP contribution in [0.5, 0.6) is 5.75 Å². The zero-order valence-corrected chi connectivity index (χ0v) is 17.2. The molecule has 0 fully saturated rings. The van der Waals surface area contributed by atoms with E-state index in [0.717, 1.165) is 23.3 Å². The number of halogens is 1. The van der Waals surface area contributed by atoms with Gasteiger partial charge in [0.1, 0.15) is 23.4 Å². The van der Waals surface area contributed by atoms with Gasteiger partial charge in [0.25, 0.3) is 0 Å². The molecule has 2 aromatic carbocycles. The van der Waals surface area contributed by atoms with Gasteiger partial charge in [-0.05, 0) is 63.1 Å². The minimum Gasteiger partial charge on any atom is -0.494 e. The number of carbonyl (C=O) groups excluding carboxylic acids is 1. The number of benzene rings is 2. The Kier molecular flexibility index (Phi) is 6.70. The number of unbranched alkanes of at least 4 members (excludes halogenated alkanes) is 1. The summed E-state index contributed by atoms with van der Waals surface area (Å²) in [6.07, 6.45) is 2.77. The van der Waals surface area contributed by atoms with Gasteiger partial charge in [0.15, 0.2) is 0 Å². The Morgan fingerprint density at radius 2 is 2.04 bits per heavy atom. The Labute approximate surface area is 173 Å². The zero-order valence-electron chi connectivity index (χ0n) is 15.6. The number of hydrogen-bond donors (Lipinski definition) is 1. The summed E-state index contributed by atoms with van der Waals surface area (Å²) >= 11 is 7.00. The molecule has 28 heavy (non-hydrogen) atoms. The lowest BCUT2D eigenvalue weighted by Gasteiger charge is -2.32. The minimum absolute atomic E-state index is 0.456. The number of rotatable bonds is 8. The fourth-order valence-electron chi connectivity index (χ4n) is 2.67. The number of anilines is 1. The largest absolute Gasteiger partial charge is 0.494 e. The third kappa shape index (κ3) is 5.56. The summed E-state index contributed by atoms with van der Waals surface area (Å²) in [5.41, 5.74) is 0.978. The molecule has 0 aromatic heterocycles. The lowest BCUT2D eigenvalue weighted by atomic mass is 9.95. The highest BCUT2D eigenvalue weighted by Gasteiger charge is 2.33. The van der Waals surface area contributed by atoms with Gasteiger partial charge >= 0.3 is 6.09 Å². The maximum absolute atomic E-state index is 11.6. The molecule has 3 rings (SSSR count). The molecular weight excluding hydrogens is 400 g/mol. The predicted molar refractivity (Wildman–Crippen MR) is 111 cm³/mol. The summed E-state index contributed by atoms with van der Waals surface area (Å²) in [4.78, 5) is 12.6. The van der Waals surface area contributed by atoms with Crippen LogP contribution >= 0.6 is 23.6 Å². The van der Waals surface area contributed by atoms with Crippen molar-refractivity contribution in [3.05, 3.63) is 53.1 Å². The summed E-state index contributed by atoms with van der Waals surface area (Å²) in [7, 11) is 0. The van der Waals surface area contributed by atoms with E-state index in [9.17, 15) is 4.79 Å². The number of nitrogens with zero attached hydrogens (tertiary/aromatic N) is 1. The molecule has 0 unspecified atom stereocenters. The Balaban J connectivity index is 1.38. The first kappa shape index (κ1) is 20.4. The van der Waals surface area contributed by atoms with Crippen LogP contribution in [0.1, 0.15) is 32.3 Å². The van der Waals surface area contributed by atoms with Crippen molar-refractivity contribution in [3.8, 4) is 5.75 Å². The van der Waals surface area contributed by atoms with Gasteiger partial charge < -0.3 is 13.8 Å². The van der Waals surface area contributed by atoms with Crippen molar-refractivity contribution in [2.75, 3.05) is 11.9 Å². The summed E-state index contributed by atoms with van der Waals surface area (Å²) < 4.78 is 16.2. The fraction of sp³-hybridized carbons (Fsp3) is 0.300. The highest BCUT2D eigenvalue weighted by Crippen LogP contribution is 2.37. The van der Waals surface area contributed by atoms with Crippen LogP contribution in [-0.2, 0) is 14.6 Å². The molecule has 0 radical (unpaired) electrons. The topological polar surface area (TPSA) is 69.2 Å². The second-order valence-electron chi connectivity index (χ2n) is 6.62. The van der Waals surface area contributed by atoms with Crippen molar-refractivity contribution in [2.45, 2.75) is 37.2 Å². The second-order valence-corrected chi connectivity index (χ2v) is 7.85. The number of oxime groups is 1. The van der Waals surface area contributed by atoms with Gasteiger partial charge in [0.05, 0.1) is 17.2 Å². The number of carbonyl (C=O) groups is 1. The van der Waals surface area contributed by atoms with Crippen molar-refractivity contribution in [1.29, 1.82) is 0 Å². The Hall–Kier alpha value is -2.38. The lowest BCUT2D eigenvalue weighted by Crippen LogP contribution is -2.34. The second kappa shape index (κ2) is 9.21. The molecule has 1 aliphatic rings. The van der Waals surface area contributed by atoms with Gasteiger partial charge in [0, 0.05) is 22.9 Å². The molecule has 1 heterocycles. The summed E-state index contributed by atoms with van der Waals surface area (Å²) in [6, 6.07) is 12.9. The maximum atomic E-state index is 11.6. The van der Waals surface area contributed by atoms with Gasteiger partial charge in [-0.15, -0.1) is 0 Å². The summed E-state index contributed by atoms with van der Waals surface area (Å²) in [5, 5.41) is 7.30. The highest BCUT2D eigenvalue weighted by atomic mass is 35.5. The predicted octanol–water partition coefficient (Wildman–Crippen LogP) is 6.01. The van der Waals surface area contributed by atoms with E-state index in [1.54, 1.807) is 18.3 Å². The molecule has 148 valence electrons. The standard InChI is InChI=1S/C20H21ClN2O4S/c1-20(2)17-10-7-15(13-18(17)23-19(24)26-20)25-12-4-3-11-22-27-28-16-8-5-14(21)6-9-16/h5-11,13H,3-4,12H2,1-2H3,(H,23,24). The van der Waals surface area contributed by atoms with Gasteiger partial charge in [-0.1, -0.05) is 16.8 Å². The van der Waals surface area contributed by atoms with Gasteiger partial charge in [-0.25, -0.2) is 4.79 Å². The number of ether oxygens (including phenoxy) is 2. The van der Waals surface area contributed by atoms with E-state index >= 15 is 0 Å². The first-order chi connectivity index (χ1) is 13.4. The SMILES string of the molecule is CC1(C)OC(=O)Nc2cc(OCCCC=NOSc3ccc(Cl)cc3)ccc21. The number of fused-ring (bicyclic) bond motifs is 1. The Bertz CT molecular complexity index is 856. The minimum atomic E-state index is -0.656. The molecule has 0 atom stereocenters. The first-order valence-electron chi connectivity index (χ1n) is 8.82. The van der Waals surface area contributed by atoms with E-state index in [0.29, 0.717) is 23.1 Å². The van der Waals surface area contributed by atoms with Gasteiger partial charge in [0.2, 0.25) is 0 Å². The average molecular weight is 421 g/mol. The molecule has 0 saturated heterocycles. The van der Waals surface area contributed by atoms with Crippen LogP contribution in [0.15, 0.2) is 52.5 Å². The number of hydrogen-bond acceptors (Lipinski definition) is 6. The quantitative estimate of drug-likeness (QED) is 0.245. The van der Waals surface area contributed by atoms with E-state index in [4.69, 9.17) is 25.4 Å². The van der Waals surface area contributed by atoms with Crippen LogP contribution in [0.4, 0.5) is 10.5 Å². The third-order valence-corrected chi connectivity index (χ3v) is 4.91. The highest BCUT2D eigenvalue weighted by molar-refractivity contribution is 7.94. The molecule has 0 saturated carbocycles. The van der Waals surface area contributed by atoms with E-state index in [1.165, 1.54) is 12.0 Å². The number of amides is 1.